The molecule has 1 fully saturated rings. The molecule has 6 nitrogen and oxygen atoms in total. The summed E-state index contributed by atoms with van der Waals surface area (Å²) in [6, 6.07) is 5.50. The first kappa shape index (κ1) is 17.1. The quantitative estimate of drug-likeness (QED) is 0.795. The van der Waals surface area contributed by atoms with Crippen molar-refractivity contribution in [3.05, 3.63) is 34.6 Å². The van der Waals surface area contributed by atoms with Crippen molar-refractivity contribution in [2.45, 2.75) is 31.5 Å². The molecule has 1 aromatic heterocycles. The second-order valence-electron chi connectivity index (χ2n) is 5.64. The van der Waals surface area contributed by atoms with Gasteiger partial charge in [-0.2, -0.15) is 0 Å². The van der Waals surface area contributed by atoms with Gasteiger partial charge in [0.15, 0.2) is 5.82 Å². The number of H-pyrrole nitrogens is 1. The van der Waals surface area contributed by atoms with Gasteiger partial charge in [0.1, 0.15) is 12.4 Å². The highest BCUT2D eigenvalue weighted by Crippen LogP contribution is 2.22. The third-order valence-electron chi connectivity index (χ3n) is 3.80. The van der Waals surface area contributed by atoms with Gasteiger partial charge < -0.3 is 9.64 Å². The number of carbonyl (C=O) groups excluding carboxylic acids is 1. The van der Waals surface area contributed by atoms with Crippen molar-refractivity contribution in [3.63, 3.8) is 0 Å². The number of halogens is 1. The molecule has 0 spiro atoms. The van der Waals surface area contributed by atoms with Crippen LogP contribution in [-0.2, 0) is 11.4 Å². The molecule has 1 aliphatic heterocycles. The first-order chi connectivity index (χ1) is 11.6. The fourth-order valence-electron chi connectivity index (χ4n) is 2.45. The molecule has 0 bridgehead atoms. The number of nitrogens with one attached hydrogen (secondary N) is 1. The molecule has 0 atom stereocenters. The standard InChI is InChI=1S/C16H19ClN4O2S/c1-11-8-12(4-5-13(11)17)23-9-14-18-16(20-19-14)24-10-15(22)21-6-2-3-7-21/h4-5,8H,2-3,6-7,9-10H2,1H3,(H,18,19,20). The Morgan fingerprint density at radius 2 is 2.21 bits per heavy atom. The Bertz CT molecular complexity index is 716. The Balaban J connectivity index is 1.48. The Hall–Kier alpha value is -1.73. The number of nitrogens with zero attached hydrogens (tertiary/aromatic N) is 3. The summed E-state index contributed by atoms with van der Waals surface area (Å²) in [4.78, 5) is 18.2. The van der Waals surface area contributed by atoms with Gasteiger partial charge in [-0.25, -0.2) is 4.98 Å². The largest absolute Gasteiger partial charge is 0.486 e. The number of aromatic nitrogens is 3. The van der Waals surface area contributed by atoms with Crippen molar-refractivity contribution in [2.24, 2.45) is 0 Å². The Kier molecular flexibility index (Phi) is 5.63. The van der Waals surface area contributed by atoms with Crippen LogP contribution >= 0.6 is 23.4 Å². The zero-order chi connectivity index (χ0) is 16.9. The van der Waals surface area contributed by atoms with Crippen LogP contribution in [0.4, 0.5) is 0 Å². The van der Waals surface area contributed by atoms with E-state index in [0.717, 1.165) is 37.2 Å². The molecule has 8 heteroatoms. The first-order valence-electron chi connectivity index (χ1n) is 7.82. The van der Waals surface area contributed by atoms with E-state index in [-0.39, 0.29) is 12.5 Å². The summed E-state index contributed by atoms with van der Waals surface area (Å²) in [6.45, 7) is 3.95. The zero-order valence-corrected chi connectivity index (χ0v) is 15.0. The third-order valence-corrected chi connectivity index (χ3v) is 5.06. The average Bonchev–Trinajstić information content (AvgIpc) is 3.25. The van der Waals surface area contributed by atoms with Crippen molar-refractivity contribution in [1.29, 1.82) is 0 Å². The molecule has 1 N–H and O–H groups in total. The van der Waals surface area contributed by atoms with Crippen LogP contribution in [0.1, 0.15) is 24.2 Å². The van der Waals surface area contributed by atoms with Gasteiger partial charge in [0.05, 0.1) is 5.75 Å². The molecule has 0 unspecified atom stereocenters. The van der Waals surface area contributed by atoms with Crippen molar-refractivity contribution >= 4 is 29.3 Å². The monoisotopic (exact) mass is 366 g/mol. The Morgan fingerprint density at radius 1 is 1.42 bits per heavy atom. The van der Waals surface area contributed by atoms with Gasteiger partial charge in [-0.1, -0.05) is 23.4 Å². The number of likely N-dealkylation sites (tertiary alicyclic amines) is 1. The molecule has 1 aliphatic rings. The zero-order valence-electron chi connectivity index (χ0n) is 13.4. The molecule has 1 aromatic carbocycles. The minimum atomic E-state index is 0.150. The predicted octanol–water partition coefficient (Wildman–Crippen LogP) is 3.06. The lowest BCUT2D eigenvalue weighted by molar-refractivity contribution is -0.127. The molecule has 24 heavy (non-hydrogen) atoms. The van der Waals surface area contributed by atoms with Gasteiger partial charge in [0.25, 0.3) is 0 Å². The molecule has 1 amide bonds. The average molecular weight is 367 g/mol. The highest BCUT2D eigenvalue weighted by atomic mass is 35.5. The lowest BCUT2D eigenvalue weighted by Crippen LogP contribution is -2.29. The number of hydrogen-bond donors (Lipinski definition) is 1. The summed E-state index contributed by atoms with van der Waals surface area (Å²) >= 11 is 7.34. The highest BCUT2D eigenvalue weighted by Gasteiger charge is 2.18. The molecule has 0 saturated carbocycles. The van der Waals surface area contributed by atoms with Gasteiger partial charge in [0.2, 0.25) is 11.1 Å². The fourth-order valence-corrected chi connectivity index (χ4v) is 3.29. The van der Waals surface area contributed by atoms with Gasteiger partial charge in [-0.3, -0.25) is 9.89 Å². The fraction of sp³-hybridized carbons (Fsp3) is 0.438. The van der Waals surface area contributed by atoms with Crippen LogP contribution in [0.5, 0.6) is 5.75 Å². The van der Waals surface area contributed by atoms with Crippen LogP contribution in [0.15, 0.2) is 23.4 Å². The number of thioether (sulfide) groups is 1. The maximum atomic E-state index is 12.0. The second-order valence-corrected chi connectivity index (χ2v) is 6.99. The predicted molar refractivity (Wildman–Crippen MR) is 93.4 cm³/mol. The molecule has 128 valence electrons. The minimum Gasteiger partial charge on any atom is -0.486 e. The van der Waals surface area contributed by atoms with E-state index in [1.165, 1.54) is 11.8 Å². The van der Waals surface area contributed by atoms with Crippen LogP contribution in [-0.4, -0.2) is 44.8 Å². The van der Waals surface area contributed by atoms with Gasteiger partial charge in [0, 0.05) is 18.1 Å². The van der Waals surface area contributed by atoms with E-state index in [9.17, 15) is 4.79 Å². The summed E-state index contributed by atoms with van der Waals surface area (Å²) in [5, 5.41) is 8.23. The molecule has 0 radical (unpaired) electrons. The van der Waals surface area contributed by atoms with Gasteiger partial charge >= 0.3 is 0 Å². The molecular formula is C16H19ClN4O2S. The minimum absolute atomic E-state index is 0.150. The molecule has 0 aliphatic carbocycles. The number of benzene rings is 1. The van der Waals surface area contributed by atoms with Crippen molar-refractivity contribution < 1.29 is 9.53 Å². The van der Waals surface area contributed by atoms with Crippen LogP contribution < -0.4 is 4.74 Å². The summed E-state index contributed by atoms with van der Waals surface area (Å²) in [5.41, 5.74) is 0.961. The number of hydrogen-bond acceptors (Lipinski definition) is 5. The first-order valence-corrected chi connectivity index (χ1v) is 9.19. The molecule has 1 saturated heterocycles. The summed E-state index contributed by atoms with van der Waals surface area (Å²) in [5.74, 6) is 1.87. The van der Waals surface area contributed by atoms with E-state index in [0.29, 0.717) is 21.8 Å². The van der Waals surface area contributed by atoms with Crippen molar-refractivity contribution in [1.82, 2.24) is 20.1 Å². The number of amides is 1. The lowest BCUT2D eigenvalue weighted by Gasteiger charge is -2.13. The molecule has 2 aromatic rings. The molecule has 2 heterocycles. The van der Waals surface area contributed by atoms with Gasteiger partial charge in [-0.15, -0.1) is 5.10 Å². The lowest BCUT2D eigenvalue weighted by atomic mass is 10.2. The van der Waals surface area contributed by atoms with Crippen LogP contribution in [0.3, 0.4) is 0 Å². The van der Waals surface area contributed by atoms with Crippen molar-refractivity contribution in [2.75, 3.05) is 18.8 Å². The molecule has 3 rings (SSSR count). The number of aromatic amines is 1. The molecular weight excluding hydrogens is 348 g/mol. The van der Waals surface area contributed by atoms with Crippen LogP contribution in [0.25, 0.3) is 0 Å². The maximum Gasteiger partial charge on any atom is 0.233 e. The smallest absolute Gasteiger partial charge is 0.233 e. The van der Waals surface area contributed by atoms with Crippen molar-refractivity contribution in [3.8, 4) is 5.75 Å². The van der Waals surface area contributed by atoms with E-state index in [1.807, 2.05) is 24.0 Å². The second kappa shape index (κ2) is 7.90. The summed E-state index contributed by atoms with van der Waals surface area (Å²) < 4.78 is 5.67. The normalized spacial score (nSPS) is 14.2. The summed E-state index contributed by atoms with van der Waals surface area (Å²) in [7, 11) is 0. The maximum absolute atomic E-state index is 12.0. The van der Waals surface area contributed by atoms with E-state index in [4.69, 9.17) is 16.3 Å². The van der Waals surface area contributed by atoms with Crippen LogP contribution in [0.2, 0.25) is 5.02 Å². The number of aryl methyl sites for hydroxylation is 1. The van der Waals surface area contributed by atoms with Gasteiger partial charge in [-0.05, 0) is 43.5 Å². The van der Waals surface area contributed by atoms with E-state index in [2.05, 4.69) is 15.2 Å². The van der Waals surface area contributed by atoms with Crippen LogP contribution in [0, 0.1) is 6.92 Å². The van der Waals surface area contributed by atoms with E-state index in [1.54, 1.807) is 6.07 Å². The number of carbonyl (C=O) groups is 1. The topological polar surface area (TPSA) is 71.1 Å². The summed E-state index contributed by atoms with van der Waals surface area (Å²) in [6.07, 6.45) is 2.20. The Morgan fingerprint density at radius 3 is 2.96 bits per heavy atom. The van der Waals surface area contributed by atoms with E-state index < -0.39 is 0 Å². The number of ether oxygens (including phenoxy) is 1. The third kappa shape index (κ3) is 4.42. The Labute approximate surface area is 149 Å². The SMILES string of the molecule is Cc1cc(OCc2nc(SCC(=O)N3CCCC3)n[nH]2)ccc1Cl. The van der Waals surface area contributed by atoms with E-state index >= 15 is 0 Å². The number of rotatable bonds is 6. The highest BCUT2D eigenvalue weighted by molar-refractivity contribution is 7.99.